The van der Waals surface area contributed by atoms with Gasteiger partial charge in [-0.3, -0.25) is 0 Å². The third-order valence-electron chi connectivity index (χ3n) is 0.744. The zero-order valence-electron chi connectivity index (χ0n) is 4.92. The summed E-state index contributed by atoms with van der Waals surface area (Å²) in [6, 6.07) is 0. The molecule has 1 radical (unpaired) electrons. The molecular weight excluding hydrogens is 154 g/mol. The summed E-state index contributed by atoms with van der Waals surface area (Å²) < 4.78 is 0.888. The maximum absolute atomic E-state index is 3.81. The first-order valence-corrected chi connectivity index (χ1v) is 4.10. The number of nitrogens with zero attached hydrogens (tertiary/aromatic N) is 2. The molecule has 3 nitrogen and oxygen atoms in total. The van der Waals surface area contributed by atoms with Crippen molar-refractivity contribution in [2.24, 2.45) is 0 Å². The first-order chi connectivity index (χ1) is 4.36. The lowest BCUT2D eigenvalue weighted by atomic mass is 11.1. The van der Waals surface area contributed by atoms with Gasteiger partial charge < -0.3 is 5.32 Å². The molecule has 0 amide bonds. The van der Waals surface area contributed by atoms with Crippen molar-refractivity contribution >= 4 is 28.2 Å². The van der Waals surface area contributed by atoms with Crippen LogP contribution >= 0.6 is 23.1 Å². The van der Waals surface area contributed by atoms with Crippen LogP contribution in [-0.4, -0.2) is 17.2 Å². The van der Waals surface area contributed by atoms with E-state index < -0.39 is 0 Å². The van der Waals surface area contributed by atoms with Crippen LogP contribution in [0.1, 0.15) is 0 Å². The van der Waals surface area contributed by atoms with E-state index in [1.54, 1.807) is 0 Å². The van der Waals surface area contributed by atoms with Crippen molar-refractivity contribution in [1.29, 1.82) is 0 Å². The number of hydrogen-bond acceptors (Lipinski definition) is 5. The van der Waals surface area contributed by atoms with Crippen LogP contribution in [0.4, 0.5) is 5.13 Å². The minimum Gasteiger partial charge on any atom is -0.363 e. The summed E-state index contributed by atoms with van der Waals surface area (Å²) in [5.41, 5.74) is 0. The minimum absolute atomic E-state index is 0.834. The molecule has 0 aliphatic rings. The highest BCUT2D eigenvalue weighted by molar-refractivity contribution is 8.02. The fourth-order valence-electron chi connectivity index (χ4n) is 0.369. The quantitative estimate of drug-likeness (QED) is 0.665. The Bertz CT molecular complexity index is 167. The Labute approximate surface area is 61.9 Å². The molecule has 5 heteroatoms. The predicted molar refractivity (Wildman–Crippen MR) is 40.7 cm³/mol. The summed E-state index contributed by atoms with van der Waals surface area (Å²) in [5, 5.41) is 11.3. The molecule has 0 fully saturated rings. The van der Waals surface area contributed by atoms with Gasteiger partial charge in [-0.15, -0.1) is 10.2 Å². The third kappa shape index (κ3) is 1.56. The average Bonchev–Trinajstić information content (AvgIpc) is 2.34. The highest BCUT2D eigenvalue weighted by Gasteiger charge is 1.97. The summed E-state index contributed by atoms with van der Waals surface area (Å²) in [6.07, 6.45) is 3.60. The van der Waals surface area contributed by atoms with Crippen LogP contribution in [0.5, 0.6) is 0 Å². The second-order valence-corrected chi connectivity index (χ2v) is 3.18. The highest BCUT2D eigenvalue weighted by atomic mass is 32.2. The van der Waals surface area contributed by atoms with Crippen LogP contribution in [0.2, 0.25) is 0 Å². The molecule has 1 rings (SSSR count). The molecule has 9 heavy (non-hydrogen) atoms. The van der Waals surface area contributed by atoms with Gasteiger partial charge in [0.25, 0.3) is 0 Å². The second kappa shape index (κ2) is 3.03. The SMILES string of the molecule is [CH2]Sc1nnc(NC)s1. The Hall–Kier alpha value is -0.290. The minimum atomic E-state index is 0.834. The van der Waals surface area contributed by atoms with E-state index in [9.17, 15) is 0 Å². The molecular formula is C4H6N3S2. The lowest BCUT2D eigenvalue weighted by Gasteiger charge is -1.83. The normalized spacial score (nSPS) is 9.56. The summed E-state index contributed by atoms with van der Waals surface area (Å²) in [4.78, 5) is 0. The standard InChI is InChI=1S/C4H6N3S2/c1-5-3-6-7-4(8-2)9-3/h2H2,1H3,(H,5,6). The maximum Gasteiger partial charge on any atom is 0.206 e. The highest BCUT2D eigenvalue weighted by Crippen LogP contribution is 2.23. The van der Waals surface area contributed by atoms with E-state index in [1.807, 2.05) is 7.05 Å². The fraction of sp³-hybridized carbons (Fsp3) is 0.250. The summed E-state index contributed by atoms with van der Waals surface area (Å²) in [5.74, 6) is 0. The number of aromatic nitrogens is 2. The third-order valence-corrected chi connectivity index (χ3v) is 2.41. The van der Waals surface area contributed by atoms with Gasteiger partial charge in [0.05, 0.1) is 0 Å². The first kappa shape index (κ1) is 6.82. The lowest BCUT2D eigenvalue weighted by Crippen LogP contribution is -1.84. The molecule has 0 spiro atoms. The van der Waals surface area contributed by atoms with Crippen LogP contribution in [-0.2, 0) is 0 Å². The Morgan fingerprint density at radius 3 is 2.78 bits per heavy atom. The topological polar surface area (TPSA) is 37.8 Å². The molecule has 0 saturated carbocycles. The van der Waals surface area contributed by atoms with E-state index >= 15 is 0 Å². The number of anilines is 1. The summed E-state index contributed by atoms with van der Waals surface area (Å²) in [7, 11) is 1.82. The van der Waals surface area contributed by atoms with Crippen LogP contribution in [0.3, 0.4) is 0 Å². The number of rotatable bonds is 2. The van der Waals surface area contributed by atoms with Gasteiger partial charge in [0.2, 0.25) is 5.13 Å². The maximum atomic E-state index is 3.81. The number of hydrogen-bond donors (Lipinski definition) is 1. The Kier molecular flexibility index (Phi) is 2.29. The van der Waals surface area contributed by atoms with Gasteiger partial charge in [-0.05, 0) is 0 Å². The molecule has 0 aromatic carbocycles. The zero-order chi connectivity index (χ0) is 6.69. The molecule has 1 N–H and O–H groups in total. The summed E-state index contributed by atoms with van der Waals surface area (Å²) >= 11 is 2.86. The van der Waals surface area contributed by atoms with Crippen molar-refractivity contribution in [3.8, 4) is 0 Å². The Morgan fingerprint density at radius 1 is 1.67 bits per heavy atom. The van der Waals surface area contributed by atoms with Crippen molar-refractivity contribution in [3.63, 3.8) is 0 Å². The van der Waals surface area contributed by atoms with E-state index in [4.69, 9.17) is 0 Å². The number of nitrogens with one attached hydrogen (secondary N) is 1. The average molecular weight is 160 g/mol. The molecule has 0 unspecified atom stereocenters. The second-order valence-electron chi connectivity index (χ2n) is 1.27. The van der Waals surface area contributed by atoms with Crippen molar-refractivity contribution in [3.05, 3.63) is 6.26 Å². The molecule has 0 saturated heterocycles. The van der Waals surface area contributed by atoms with E-state index in [0.717, 1.165) is 9.47 Å². The van der Waals surface area contributed by atoms with Gasteiger partial charge in [-0.2, -0.15) is 0 Å². The molecule has 1 aromatic rings. The van der Waals surface area contributed by atoms with E-state index in [0.29, 0.717) is 0 Å². The first-order valence-electron chi connectivity index (χ1n) is 2.30. The van der Waals surface area contributed by atoms with E-state index in [2.05, 4.69) is 21.8 Å². The van der Waals surface area contributed by atoms with Crippen LogP contribution < -0.4 is 5.32 Å². The van der Waals surface area contributed by atoms with Gasteiger partial charge in [-0.1, -0.05) is 23.1 Å². The molecule has 0 atom stereocenters. The van der Waals surface area contributed by atoms with Gasteiger partial charge in [0.15, 0.2) is 4.34 Å². The van der Waals surface area contributed by atoms with Crippen LogP contribution in [0.25, 0.3) is 0 Å². The zero-order valence-corrected chi connectivity index (χ0v) is 6.55. The van der Waals surface area contributed by atoms with Gasteiger partial charge in [0.1, 0.15) is 0 Å². The van der Waals surface area contributed by atoms with Gasteiger partial charge >= 0.3 is 0 Å². The van der Waals surface area contributed by atoms with Crippen molar-refractivity contribution in [2.75, 3.05) is 12.4 Å². The predicted octanol–water partition coefficient (Wildman–Crippen LogP) is 1.46. The molecule has 1 aromatic heterocycles. The number of thioether (sulfide) groups is 1. The molecule has 0 aliphatic heterocycles. The van der Waals surface area contributed by atoms with Gasteiger partial charge in [-0.25, -0.2) is 0 Å². The fourth-order valence-corrected chi connectivity index (χ4v) is 1.37. The molecule has 0 aliphatic carbocycles. The van der Waals surface area contributed by atoms with Crippen LogP contribution in [0, 0.1) is 6.26 Å². The molecule has 1 heterocycles. The van der Waals surface area contributed by atoms with E-state index in [1.165, 1.54) is 23.1 Å². The smallest absolute Gasteiger partial charge is 0.206 e. The Morgan fingerprint density at radius 2 is 2.44 bits per heavy atom. The molecule has 0 bridgehead atoms. The summed E-state index contributed by atoms with van der Waals surface area (Å²) in [6.45, 7) is 0. The largest absolute Gasteiger partial charge is 0.363 e. The Balaban J connectivity index is 2.74. The van der Waals surface area contributed by atoms with Crippen LogP contribution in [0.15, 0.2) is 4.34 Å². The lowest BCUT2D eigenvalue weighted by molar-refractivity contribution is 1.01. The van der Waals surface area contributed by atoms with Gasteiger partial charge in [0, 0.05) is 13.3 Å². The van der Waals surface area contributed by atoms with E-state index in [-0.39, 0.29) is 0 Å². The van der Waals surface area contributed by atoms with Crippen molar-refractivity contribution in [2.45, 2.75) is 4.34 Å². The van der Waals surface area contributed by atoms with Crippen molar-refractivity contribution < 1.29 is 0 Å². The monoisotopic (exact) mass is 160 g/mol. The molecule has 49 valence electrons. The van der Waals surface area contributed by atoms with Crippen molar-refractivity contribution in [1.82, 2.24) is 10.2 Å².